The molecule has 3 rings (SSSR count). The van der Waals surface area contributed by atoms with Crippen molar-refractivity contribution in [1.82, 2.24) is 15.0 Å². The standard InChI is InChI=1S/C13H15N3.2ClH/c1-2-11-4-3-10(7-13(11)15-5-1)6-12-8-14-9-16-12;;/h1-2,5,8-10H,3-4,6-7H2,(H,14,16);2*1H. The van der Waals surface area contributed by atoms with Crippen LogP contribution in [0.1, 0.15) is 23.4 Å². The van der Waals surface area contributed by atoms with Gasteiger partial charge in [0.15, 0.2) is 0 Å². The quantitative estimate of drug-likeness (QED) is 0.922. The zero-order valence-corrected chi connectivity index (χ0v) is 11.6. The molecule has 2 aromatic rings. The Labute approximate surface area is 119 Å². The van der Waals surface area contributed by atoms with E-state index < -0.39 is 0 Å². The lowest BCUT2D eigenvalue weighted by atomic mass is 9.84. The van der Waals surface area contributed by atoms with Crippen LogP contribution in [-0.4, -0.2) is 15.0 Å². The van der Waals surface area contributed by atoms with E-state index in [1.54, 1.807) is 6.33 Å². The number of aromatic nitrogens is 3. The van der Waals surface area contributed by atoms with Crippen molar-refractivity contribution in [3.63, 3.8) is 0 Å². The van der Waals surface area contributed by atoms with Gasteiger partial charge >= 0.3 is 0 Å². The van der Waals surface area contributed by atoms with Gasteiger partial charge in [-0.2, -0.15) is 0 Å². The number of hydrogen-bond donors (Lipinski definition) is 1. The first-order valence-electron chi connectivity index (χ1n) is 5.82. The van der Waals surface area contributed by atoms with Crippen molar-refractivity contribution < 1.29 is 0 Å². The molecule has 0 spiro atoms. The summed E-state index contributed by atoms with van der Waals surface area (Å²) in [6.45, 7) is 0. The SMILES string of the molecule is Cl.Cl.c1cnc2c(c1)CCC(Cc1c[nH]cn1)C2. The molecule has 0 bridgehead atoms. The van der Waals surface area contributed by atoms with Crippen molar-refractivity contribution in [2.75, 3.05) is 0 Å². The van der Waals surface area contributed by atoms with E-state index >= 15 is 0 Å². The fourth-order valence-electron chi connectivity index (χ4n) is 2.49. The first-order chi connectivity index (χ1) is 7.92. The molecule has 0 amide bonds. The molecule has 0 radical (unpaired) electrons. The first-order valence-corrected chi connectivity index (χ1v) is 5.82. The summed E-state index contributed by atoms with van der Waals surface area (Å²) in [7, 11) is 0. The van der Waals surface area contributed by atoms with E-state index in [0.29, 0.717) is 5.92 Å². The molecule has 1 N–H and O–H groups in total. The molecular weight excluding hydrogens is 269 g/mol. The third kappa shape index (κ3) is 3.24. The molecular formula is C13H17Cl2N3. The highest BCUT2D eigenvalue weighted by molar-refractivity contribution is 5.85. The van der Waals surface area contributed by atoms with Crippen molar-refractivity contribution in [1.29, 1.82) is 0 Å². The van der Waals surface area contributed by atoms with Crippen molar-refractivity contribution in [2.24, 2.45) is 5.92 Å². The Hall–Kier alpha value is -1.06. The Morgan fingerprint density at radius 3 is 2.94 bits per heavy atom. The van der Waals surface area contributed by atoms with Crippen molar-refractivity contribution in [3.05, 3.63) is 47.8 Å². The molecule has 0 aliphatic heterocycles. The average Bonchev–Trinajstić information content (AvgIpc) is 2.82. The maximum Gasteiger partial charge on any atom is 0.0923 e. The predicted molar refractivity (Wildman–Crippen MR) is 76.5 cm³/mol. The van der Waals surface area contributed by atoms with E-state index in [1.807, 2.05) is 18.5 Å². The van der Waals surface area contributed by atoms with Crippen LogP contribution in [0.15, 0.2) is 30.9 Å². The smallest absolute Gasteiger partial charge is 0.0923 e. The predicted octanol–water partition coefficient (Wildman–Crippen LogP) is 3.00. The molecule has 0 aromatic carbocycles. The van der Waals surface area contributed by atoms with Gasteiger partial charge in [0, 0.05) is 18.1 Å². The minimum atomic E-state index is 0. The van der Waals surface area contributed by atoms with Crippen LogP contribution in [0.4, 0.5) is 0 Å². The fraction of sp³-hybridized carbons (Fsp3) is 0.385. The van der Waals surface area contributed by atoms with Gasteiger partial charge in [-0.15, -0.1) is 24.8 Å². The molecule has 3 nitrogen and oxygen atoms in total. The molecule has 18 heavy (non-hydrogen) atoms. The maximum absolute atomic E-state index is 4.47. The summed E-state index contributed by atoms with van der Waals surface area (Å²) in [5.41, 5.74) is 3.89. The van der Waals surface area contributed by atoms with Crippen LogP contribution in [0.5, 0.6) is 0 Å². The van der Waals surface area contributed by atoms with E-state index in [-0.39, 0.29) is 24.8 Å². The number of fused-ring (bicyclic) bond motifs is 1. The number of aryl methyl sites for hydroxylation is 1. The highest BCUT2D eigenvalue weighted by Crippen LogP contribution is 2.25. The van der Waals surface area contributed by atoms with Crippen LogP contribution in [0.3, 0.4) is 0 Å². The highest BCUT2D eigenvalue weighted by Gasteiger charge is 2.19. The largest absolute Gasteiger partial charge is 0.351 e. The number of halogens is 2. The molecule has 1 unspecified atom stereocenters. The molecule has 0 saturated carbocycles. The Morgan fingerprint density at radius 2 is 2.17 bits per heavy atom. The number of aromatic amines is 1. The lowest BCUT2D eigenvalue weighted by Gasteiger charge is -2.22. The lowest BCUT2D eigenvalue weighted by molar-refractivity contribution is 0.445. The van der Waals surface area contributed by atoms with Gasteiger partial charge in [-0.1, -0.05) is 6.07 Å². The van der Waals surface area contributed by atoms with Gasteiger partial charge in [-0.05, 0) is 43.2 Å². The first kappa shape index (κ1) is 15.0. The number of nitrogens with zero attached hydrogens (tertiary/aromatic N) is 2. The van der Waals surface area contributed by atoms with Gasteiger partial charge < -0.3 is 4.98 Å². The second kappa shape index (κ2) is 6.76. The number of nitrogens with one attached hydrogen (secondary N) is 1. The summed E-state index contributed by atoms with van der Waals surface area (Å²) in [6, 6.07) is 4.24. The van der Waals surface area contributed by atoms with E-state index in [9.17, 15) is 0 Å². The van der Waals surface area contributed by atoms with Gasteiger partial charge in [0.05, 0.1) is 12.0 Å². The fourth-order valence-corrected chi connectivity index (χ4v) is 2.49. The van der Waals surface area contributed by atoms with Crippen molar-refractivity contribution >= 4 is 24.8 Å². The lowest BCUT2D eigenvalue weighted by Crippen LogP contribution is -2.17. The van der Waals surface area contributed by atoms with Crippen LogP contribution < -0.4 is 0 Å². The molecule has 0 saturated heterocycles. The Kier molecular flexibility index (Phi) is 5.63. The molecule has 2 aromatic heterocycles. The normalized spacial score (nSPS) is 17.2. The van der Waals surface area contributed by atoms with E-state index in [2.05, 4.69) is 21.0 Å². The number of hydrogen-bond acceptors (Lipinski definition) is 2. The number of rotatable bonds is 2. The average molecular weight is 286 g/mol. The topological polar surface area (TPSA) is 41.6 Å². The minimum absolute atomic E-state index is 0. The Morgan fingerprint density at radius 1 is 1.28 bits per heavy atom. The molecule has 2 heterocycles. The summed E-state index contributed by atoms with van der Waals surface area (Å²) in [5, 5.41) is 0. The summed E-state index contributed by atoms with van der Waals surface area (Å²) in [4.78, 5) is 11.8. The number of imidazole rings is 1. The zero-order valence-electron chi connectivity index (χ0n) is 10.0. The van der Waals surface area contributed by atoms with Crippen molar-refractivity contribution in [2.45, 2.75) is 25.7 Å². The zero-order chi connectivity index (χ0) is 10.8. The summed E-state index contributed by atoms with van der Waals surface area (Å²) in [6.07, 6.45) is 10.2. The van der Waals surface area contributed by atoms with Crippen LogP contribution in [0.2, 0.25) is 0 Å². The van der Waals surface area contributed by atoms with Crippen molar-refractivity contribution in [3.8, 4) is 0 Å². The molecule has 0 fully saturated rings. The minimum Gasteiger partial charge on any atom is -0.351 e. The van der Waals surface area contributed by atoms with Gasteiger partial charge in [0.1, 0.15) is 0 Å². The third-order valence-electron chi connectivity index (χ3n) is 3.34. The van der Waals surface area contributed by atoms with E-state index in [4.69, 9.17) is 0 Å². The second-order valence-corrected chi connectivity index (χ2v) is 4.48. The molecule has 98 valence electrons. The van der Waals surface area contributed by atoms with Crippen LogP contribution in [0.25, 0.3) is 0 Å². The van der Waals surface area contributed by atoms with Gasteiger partial charge in [0.2, 0.25) is 0 Å². The van der Waals surface area contributed by atoms with Gasteiger partial charge in [-0.25, -0.2) is 4.98 Å². The molecule has 1 aliphatic carbocycles. The van der Waals surface area contributed by atoms with E-state index in [1.165, 1.54) is 23.4 Å². The van der Waals surface area contributed by atoms with Gasteiger partial charge in [0.25, 0.3) is 0 Å². The molecule has 1 aliphatic rings. The summed E-state index contributed by atoms with van der Waals surface area (Å²) >= 11 is 0. The molecule has 1 atom stereocenters. The molecule has 5 heteroatoms. The monoisotopic (exact) mass is 285 g/mol. The number of pyridine rings is 1. The summed E-state index contributed by atoms with van der Waals surface area (Å²) < 4.78 is 0. The van der Waals surface area contributed by atoms with Crippen LogP contribution >= 0.6 is 24.8 Å². The maximum atomic E-state index is 4.47. The van der Waals surface area contributed by atoms with E-state index in [0.717, 1.165) is 19.3 Å². The number of H-pyrrole nitrogens is 1. The van der Waals surface area contributed by atoms with Crippen LogP contribution in [-0.2, 0) is 19.3 Å². The Balaban J connectivity index is 0.000000810. The third-order valence-corrected chi connectivity index (χ3v) is 3.34. The van der Waals surface area contributed by atoms with Gasteiger partial charge in [-0.3, -0.25) is 4.98 Å². The Bertz CT molecular complexity index is 471. The second-order valence-electron chi connectivity index (χ2n) is 4.48. The summed E-state index contributed by atoms with van der Waals surface area (Å²) in [5.74, 6) is 0.700. The van der Waals surface area contributed by atoms with Crippen LogP contribution in [0, 0.1) is 5.92 Å². The highest BCUT2D eigenvalue weighted by atomic mass is 35.5.